The molecule has 8 heteroatoms. The molecule has 0 amide bonds. The summed E-state index contributed by atoms with van der Waals surface area (Å²) < 4.78 is 22.0. The minimum Gasteiger partial charge on any atom is -0.504 e. The third-order valence-electron chi connectivity index (χ3n) is 4.83. The lowest BCUT2D eigenvalue weighted by atomic mass is 9.77. The highest BCUT2D eigenvalue weighted by Crippen LogP contribution is 2.38. The summed E-state index contributed by atoms with van der Waals surface area (Å²) in [5.41, 5.74) is 5.96. The Morgan fingerprint density at radius 1 is 1.24 bits per heavy atom. The Hall–Kier alpha value is -1.77. The molecule has 3 N–H and O–H groups in total. The van der Waals surface area contributed by atoms with Crippen molar-refractivity contribution in [2.75, 3.05) is 14.2 Å². The average molecular weight is 351 g/mol. The molecule has 0 spiro atoms. The number of carbonyl (C=O) groups is 1. The normalized spacial score (nSPS) is 19.6. The predicted octanol–water partition coefficient (Wildman–Crippen LogP) is 0.743. The molecule has 7 nitrogen and oxygen atoms in total. The molecule has 25 heavy (non-hydrogen) atoms. The number of phenolic OH excluding ortho intramolecular Hbond substituents is 1. The van der Waals surface area contributed by atoms with E-state index in [4.69, 9.17) is 19.8 Å². The lowest BCUT2D eigenvalue weighted by Gasteiger charge is -2.32. The second-order valence-corrected chi connectivity index (χ2v) is 7.16. The molecule has 1 aromatic carbocycles. The zero-order valence-corrected chi connectivity index (χ0v) is 15.6. The van der Waals surface area contributed by atoms with Crippen molar-refractivity contribution < 1.29 is 28.7 Å². The largest absolute Gasteiger partial charge is 0.504 e. The second kappa shape index (κ2) is 6.86. The van der Waals surface area contributed by atoms with Gasteiger partial charge in [-0.05, 0) is 45.7 Å². The molecule has 1 fully saturated rings. The highest BCUT2D eigenvalue weighted by Gasteiger charge is 2.52. The van der Waals surface area contributed by atoms with E-state index in [9.17, 15) is 9.90 Å². The van der Waals surface area contributed by atoms with Gasteiger partial charge in [-0.15, -0.1) is 0 Å². The third-order valence-corrected chi connectivity index (χ3v) is 4.83. The molecule has 2 rings (SSSR count). The van der Waals surface area contributed by atoms with Crippen LogP contribution in [-0.4, -0.2) is 49.7 Å². The Morgan fingerprint density at radius 3 is 2.28 bits per heavy atom. The first kappa shape index (κ1) is 19.6. The fourth-order valence-corrected chi connectivity index (χ4v) is 2.67. The van der Waals surface area contributed by atoms with E-state index >= 15 is 0 Å². The van der Waals surface area contributed by atoms with Gasteiger partial charge in [0.25, 0.3) is 0 Å². The number of nitrogens with two attached hydrogens (primary N) is 1. The Morgan fingerprint density at radius 2 is 1.80 bits per heavy atom. The number of benzene rings is 1. The van der Waals surface area contributed by atoms with Gasteiger partial charge in [-0.3, -0.25) is 4.79 Å². The SMILES string of the molecule is COC(=O)C(N)Cc1cc(O)c(OC)c(B2OC(C)(C)C(C)(C)O2)c1. The van der Waals surface area contributed by atoms with E-state index in [0.717, 1.165) is 0 Å². The van der Waals surface area contributed by atoms with Crippen LogP contribution in [0, 0.1) is 0 Å². The summed E-state index contributed by atoms with van der Waals surface area (Å²) in [6, 6.07) is 2.45. The fourth-order valence-electron chi connectivity index (χ4n) is 2.67. The summed E-state index contributed by atoms with van der Waals surface area (Å²) in [7, 11) is 2.03. The smallest absolute Gasteiger partial charge is 0.498 e. The molecule has 1 aromatic rings. The van der Waals surface area contributed by atoms with Gasteiger partial charge in [-0.25, -0.2) is 0 Å². The second-order valence-electron chi connectivity index (χ2n) is 7.16. The van der Waals surface area contributed by atoms with Crippen LogP contribution >= 0.6 is 0 Å². The number of rotatable bonds is 5. The average Bonchev–Trinajstić information content (AvgIpc) is 2.73. The first-order valence-corrected chi connectivity index (χ1v) is 8.11. The van der Waals surface area contributed by atoms with Crippen LogP contribution in [0.15, 0.2) is 12.1 Å². The molecule has 1 aliphatic rings. The maximum atomic E-state index is 11.6. The molecule has 0 bridgehead atoms. The Kier molecular flexibility index (Phi) is 5.37. The minimum absolute atomic E-state index is 0.0678. The molecule has 1 heterocycles. The van der Waals surface area contributed by atoms with E-state index in [2.05, 4.69) is 4.74 Å². The summed E-state index contributed by atoms with van der Waals surface area (Å²) >= 11 is 0. The molecule has 0 radical (unpaired) electrons. The molecule has 0 saturated carbocycles. The summed E-state index contributed by atoms with van der Waals surface area (Å²) in [6.45, 7) is 7.76. The Labute approximate surface area is 148 Å². The van der Waals surface area contributed by atoms with Crippen LogP contribution in [0.2, 0.25) is 0 Å². The molecule has 1 aliphatic heterocycles. The van der Waals surface area contributed by atoms with Crippen molar-refractivity contribution in [2.24, 2.45) is 5.73 Å². The van der Waals surface area contributed by atoms with Gasteiger partial charge in [0.2, 0.25) is 0 Å². The molecular weight excluding hydrogens is 325 g/mol. The summed E-state index contributed by atoms with van der Waals surface area (Å²) in [5.74, 6) is -0.317. The maximum absolute atomic E-state index is 11.6. The number of hydrogen-bond donors (Lipinski definition) is 2. The Bertz CT molecular complexity index is 645. The highest BCUT2D eigenvalue weighted by molar-refractivity contribution is 6.63. The fraction of sp³-hybridized carbons (Fsp3) is 0.588. The van der Waals surface area contributed by atoms with E-state index in [1.165, 1.54) is 20.3 Å². The van der Waals surface area contributed by atoms with Gasteiger partial charge < -0.3 is 29.6 Å². The van der Waals surface area contributed by atoms with E-state index in [0.29, 0.717) is 11.0 Å². The summed E-state index contributed by atoms with van der Waals surface area (Å²) in [6.07, 6.45) is 0.205. The van der Waals surface area contributed by atoms with Crippen molar-refractivity contribution in [3.63, 3.8) is 0 Å². The first-order chi connectivity index (χ1) is 11.5. The van der Waals surface area contributed by atoms with Crippen LogP contribution in [0.5, 0.6) is 11.5 Å². The van der Waals surface area contributed by atoms with E-state index in [-0.39, 0.29) is 17.9 Å². The van der Waals surface area contributed by atoms with Crippen LogP contribution in [0.4, 0.5) is 0 Å². The molecule has 1 atom stereocenters. The number of ether oxygens (including phenoxy) is 2. The number of hydrogen-bond acceptors (Lipinski definition) is 7. The number of carbonyl (C=O) groups excluding carboxylic acids is 1. The topological polar surface area (TPSA) is 100 Å². The number of phenols is 1. The zero-order valence-electron chi connectivity index (χ0n) is 15.6. The maximum Gasteiger partial charge on any atom is 0.498 e. The van der Waals surface area contributed by atoms with Crippen molar-refractivity contribution in [3.05, 3.63) is 17.7 Å². The van der Waals surface area contributed by atoms with Gasteiger partial charge in [0.15, 0.2) is 11.5 Å². The van der Waals surface area contributed by atoms with Gasteiger partial charge in [0.05, 0.1) is 25.4 Å². The van der Waals surface area contributed by atoms with Crippen molar-refractivity contribution in [1.82, 2.24) is 0 Å². The molecule has 138 valence electrons. The lowest BCUT2D eigenvalue weighted by Crippen LogP contribution is -2.41. The highest BCUT2D eigenvalue weighted by atomic mass is 16.7. The number of aromatic hydroxyl groups is 1. The van der Waals surface area contributed by atoms with Crippen LogP contribution in [0.25, 0.3) is 0 Å². The number of esters is 1. The predicted molar refractivity (Wildman–Crippen MR) is 94.1 cm³/mol. The molecule has 0 aromatic heterocycles. The van der Waals surface area contributed by atoms with Crippen molar-refractivity contribution in [1.29, 1.82) is 0 Å². The monoisotopic (exact) mass is 351 g/mol. The summed E-state index contributed by atoms with van der Waals surface area (Å²) in [5, 5.41) is 10.3. The van der Waals surface area contributed by atoms with E-state index in [1.807, 2.05) is 27.7 Å². The third kappa shape index (κ3) is 3.76. The van der Waals surface area contributed by atoms with Gasteiger partial charge in [0, 0.05) is 5.46 Å². The van der Waals surface area contributed by atoms with Crippen molar-refractivity contribution in [3.8, 4) is 11.5 Å². The van der Waals surface area contributed by atoms with Crippen LogP contribution in [0.1, 0.15) is 33.3 Å². The van der Waals surface area contributed by atoms with Crippen LogP contribution < -0.4 is 15.9 Å². The van der Waals surface area contributed by atoms with E-state index in [1.54, 1.807) is 6.07 Å². The summed E-state index contributed by atoms with van der Waals surface area (Å²) in [4.78, 5) is 11.6. The first-order valence-electron chi connectivity index (χ1n) is 8.11. The van der Waals surface area contributed by atoms with Crippen molar-refractivity contribution in [2.45, 2.75) is 51.4 Å². The zero-order chi connectivity index (χ0) is 19.0. The quantitative estimate of drug-likeness (QED) is 0.596. The van der Waals surface area contributed by atoms with Crippen molar-refractivity contribution >= 4 is 18.6 Å². The molecule has 1 unspecified atom stereocenters. The standard InChI is InChI=1S/C17H26BNO6/c1-16(2)17(3,4)25-18(24-16)11-7-10(8-12(19)15(21)23-6)9-13(20)14(11)22-5/h7,9,12,20H,8,19H2,1-6H3. The van der Waals surface area contributed by atoms with Gasteiger partial charge in [0.1, 0.15) is 6.04 Å². The van der Waals surface area contributed by atoms with Gasteiger partial charge >= 0.3 is 13.1 Å². The van der Waals surface area contributed by atoms with Crippen LogP contribution in [-0.2, 0) is 25.3 Å². The Balaban J connectivity index is 2.39. The lowest BCUT2D eigenvalue weighted by molar-refractivity contribution is -0.142. The molecule has 0 aliphatic carbocycles. The minimum atomic E-state index is -0.830. The van der Waals surface area contributed by atoms with Crippen LogP contribution in [0.3, 0.4) is 0 Å². The molecule has 1 saturated heterocycles. The van der Waals surface area contributed by atoms with E-state index < -0.39 is 30.3 Å². The van der Waals surface area contributed by atoms with Gasteiger partial charge in [-0.1, -0.05) is 6.07 Å². The molecular formula is C17H26BNO6. The van der Waals surface area contributed by atoms with Gasteiger partial charge in [-0.2, -0.15) is 0 Å². The number of methoxy groups -OCH3 is 2.